The van der Waals surface area contributed by atoms with E-state index >= 15 is 0 Å². The zero-order chi connectivity index (χ0) is 12.3. The minimum absolute atomic E-state index is 0.0109. The van der Waals surface area contributed by atoms with Crippen LogP contribution in [0, 0.1) is 0 Å². The minimum atomic E-state index is -0.193. The first-order valence-electron chi connectivity index (χ1n) is 5.72. The number of benzene rings is 1. The molecule has 0 aromatic heterocycles. The van der Waals surface area contributed by atoms with Gasteiger partial charge in [-0.05, 0) is 38.3 Å². The van der Waals surface area contributed by atoms with Crippen molar-refractivity contribution in [2.24, 2.45) is 0 Å². The predicted molar refractivity (Wildman–Crippen MR) is 67.8 cm³/mol. The Morgan fingerprint density at radius 3 is 2.25 bits per heavy atom. The largest absolute Gasteiger partial charge is 0.347 e. The van der Waals surface area contributed by atoms with Crippen LogP contribution in [-0.2, 0) is 0 Å². The summed E-state index contributed by atoms with van der Waals surface area (Å²) in [6.45, 7) is 10.2. The first-order chi connectivity index (χ1) is 7.31. The number of nitrogens with one attached hydrogen (secondary N) is 1. The third kappa shape index (κ3) is 3.37. The van der Waals surface area contributed by atoms with Crippen molar-refractivity contribution in [2.75, 3.05) is 0 Å². The third-order valence-corrected chi connectivity index (χ3v) is 2.32. The lowest BCUT2D eigenvalue weighted by atomic mass is 9.96. The normalized spacial score (nSPS) is 11.6. The molecule has 2 nitrogen and oxygen atoms in total. The van der Waals surface area contributed by atoms with Crippen LogP contribution in [0.4, 0.5) is 0 Å². The highest BCUT2D eigenvalue weighted by Gasteiger charge is 2.18. The Balaban J connectivity index is 3.00. The van der Waals surface area contributed by atoms with E-state index in [1.807, 2.05) is 45.0 Å². The second-order valence-electron chi connectivity index (χ2n) is 5.45. The molecule has 0 unspecified atom stereocenters. The summed E-state index contributed by atoms with van der Waals surface area (Å²) < 4.78 is 0. The monoisotopic (exact) mass is 219 g/mol. The molecule has 1 aromatic rings. The Morgan fingerprint density at radius 1 is 1.19 bits per heavy atom. The molecule has 0 bridgehead atoms. The lowest BCUT2D eigenvalue weighted by Gasteiger charge is -2.22. The lowest BCUT2D eigenvalue weighted by Crippen LogP contribution is -2.41. The Morgan fingerprint density at radius 2 is 1.75 bits per heavy atom. The molecule has 0 aliphatic heterocycles. The first-order valence-corrected chi connectivity index (χ1v) is 5.72. The van der Waals surface area contributed by atoms with Crippen LogP contribution < -0.4 is 5.32 Å². The van der Waals surface area contributed by atoms with Crippen LogP contribution in [0.15, 0.2) is 24.3 Å². The van der Waals surface area contributed by atoms with E-state index in [0.29, 0.717) is 5.92 Å². The number of carbonyl (C=O) groups excluding carboxylic acids is 1. The zero-order valence-electron chi connectivity index (χ0n) is 10.8. The molecule has 0 radical (unpaired) electrons. The minimum Gasteiger partial charge on any atom is -0.347 e. The summed E-state index contributed by atoms with van der Waals surface area (Å²) in [5.74, 6) is 0.374. The van der Waals surface area contributed by atoms with Crippen LogP contribution in [0.1, 0.15) is 56.5 Å². The molecule has 1 amide bonds. The summed E-state index contributed by atoms with van der Waals surface area (Å²) in [6, 6.07) is 7.78. The Bertz CT molecular complexity index is 375. The second kappa shape index (κ2) is 4.69. The Labute approximate surface area is 98.1 Å². The average molecular weight is 219 g/mol. The van der Waals surface area contributed by atoms with Crippen LogP contribution in [-0.4, -0.2) is 11.4 Å². The highest BCUT2D eigenvalue weighted by molar-refractivity contribution is 5.96. The van der Waals surface area contributed by atoms with Crippen molar-refractivity contribution in [1.82, 2.24) is 5.32 Å². The molecule has 1 rings (SSSR count). The van der Waals surface area contributed by atoms with Crippen molar-refractivity contribution in [1.29, 1.82) is 0 Å². The third-order valence-electron chi connectivity index (χ3n) is 2.32. The summed E-state index contributed by atoms with van der Waals surface area (Å²) in [4.78, 5) is 12.1. The summed E-state index contributed by atoms with van der Waals surface area (Å²) in [5, 5.41) is 2.99. The molecule has 0 saturated carbocycles. The van der Waals surface area contributed by atoms with Crippen LogP contribution in [0.5, 0.6) is 0 Å². The fourth-order valence-corrected chi connectivity index (χ4v) is 1.62. The fraction of sp³-hybridized carbons (Fsp3) is 0.500. The lowest BCUT2D eigenvalue weighted by molar-refractivity contribution is 0.0918. The molecule has 16 heavy (non-hydrogen) atoms. The van der Waals surface area contributed by atoms with Crippen LogP contribution in [0.25, 0.3) is 0 Å². The molecule has 0 aliphatic rings. The molecule has 0 aliphatic carbocycles. The standard InChI is InChI=1S/C14H21NO/c1-10(2)11-8-6-7-9-12(11)13(16)15-14(3,4)5/h6-10H,1-5H3,(H,15,16). The summed E-state index contributed by atoms with van der Waals surface area (Å²) in [6.07, 6.45) is 0. The summed E-state index contributed by atoms with van der Waals surface area (Å²) >= 11 is 0. The number of rotatable bonds is 2. The topological polar surface area (TPSA) is 29.1 Å². The molecular weight excluding hydrogens is 198 g/mol. The van der Waals surface area contributed by atoms with E-state index in [0.717, 1.165) is 11.1 Å². The average Bonchev–Trinajstić information content (AvgIpc) is 2.15. The Kier molecular flexibility index (Phi) is 3.74. The maximum atomic E-state index is 12.1. The van der Waals surface area contributed by atoms with Crippen molar-refractivity contribution in [2.45, 2.75) is 46.1 Å². The summed E-state index contributed by atoms with van der Waals surface area (Å²) in [7, 11) is 0. The number of hydrogen-bond donors (Lipinski definition) is 1. The van der Waals surface area contributed by atoms with Gasteiger partial charge in [0.05, 0.1) is 0 Å². The Hall–Kier alpha value is -1.31. The van der Waals surface area contributed by atoms with Gasteiger partial charge in [0.25, 0.3) is 5.91 Å². The summed E-state index contributed by atoms with van der Waals surface area (Å²) in [5.41, 5.74) is 1.69. The molecule has 2 heteroatoms. The fourth-order valence-electron chi connectivity index (χ4n) is 1.62. The van der Waals surface area contributed by atoms with Gasteiger partial charge >= 0.3 is 0 Å². The second-order valence-corrected chi connectivity index (χ2v) is 5.45. The number of carbonyl (C=O) groups is 1. The van der Waals surface area contributed by atoms with Gasteiger partial charge in [-0.15, -0.1) is 0 Å². The van der Waals surface area contributed by atoms with Gasteiger partial charge in [0.1, 0.15) is 0 Å². The molecular formula is C14H21NO. The van der Waals surface area contributed by atoms with Gasteiger partial charge in [-0.25, -0.2) is 0 Å². The number of amides is 1. The van der Waals surface area contributed by atoms with Crippen molar-refractivity contribution < 1.29 is 4.79 Å². The molecule has 1 N–H and O–H groups in total. The van der Waals surface area contributed by atoms with E-state index in [2.05, 4.69) is 19.2 Å². The van der Waals surface area contributed by atoms with Gasteiger partial charge in [-0.3, -0.25) is 4.79 Å². The molecule has 0 heterocycles. The van der Waals surface area contributed by atoms with Gasteiger partial charge in [0.2, 0.25) is 0 Å². The highest BCUT2D eigenvalue weighted by atomic mass is 16.1. The molecule has 0 fully saturated rings. The van der Waals surface area contributed by atoms with E-state index in [1.54, 1.807) is 0 Å². The van der Waals surface area contributed by atoms with Gasteiger partial charge in [0, 0.05) is 11.1 Å². The predicted octanol–water partition coefficient (Wildman–Crippen LogP) is 3.34. The van der Waals surface area contributed by atoms with Gasteiger partial charge in [-0.1, -0.05) is 32.0 Å². The molecule has 0 atom stereocenters. The molecule has 0 spiro atoms. The van der Waals surface area contributed by atoms with E-state index in [-0.39, 0.29) is 11.4 Å². The van der Waals surface area contributed by atoms with E-state index < -0.39 is 0 Å². The quantitative estimate of drug-likeness (QED) is 0.812. The van der Waals surface area contributed by atoms with Crippen LogP contribution >= 0.6 is 0 Å². The highest BCUT2D eigenvalue weighted by Crippen LogP contribution is 2.19. The van der Waals surface area contributed by atoms with Crippen molar-refractivity contribution in [3.8, 4) is 0 Å². The van der Waals surface area contributed by atoms with Gasteiger partial charge < -0.3 is 5.32 Å². The SMILES string of the molecule is CC(C)c1ccccc1C(=O)NC(C)(C)C. The van der Waals surface area contributed by atoms with E-state index in [9.17, 15) is 4.79 Å². The molecule has 1 aromatic carbocycles. The first kappa shape index (κ1) is 12.8. The molecule has 88 valence electrons. The van der Waals surface area contributed by atoms with Crippen LogP contribution in [0.2, 0.25) is 0 Å². The maximum Gasteiger partial charge on any atom is 0.251 e. The zero-order valence-corrected chi connectivity index (χ0v) is 10.8. The van der Waals surface area contributed by atoms with Crippen molar-refractivity contribution in [3.05, 3.63) is 35.4 Å². The van der Waals surface area contributed by atoms with Crippen molar-refractivity contribution >= 4 is 5.91 Å². The van der Waals surface area contributed by atoms with Crippen LogP contribution in [0.3, 0.4) is 0 Å². The van der Waals surface area contributed by atoms with E-state index in [1.165, 1.54) is 0 Å². The smallest absolute Gasteiger partial charge is 0.251 e. The maximum absolute atomic E-state index is 12.1. The number of hydrogen-bond acceptors (Lipinski definition) is 1. The molecule has 0 saturated heterocycles. The van der Waals surface area contributed by atoms with Crippen molar-refractivity contribution in [3.63, 3.8) is 0 Å². The van der Waals surface area contributed by atoms with Gasteiger partial charge in [-0.2, -0.15) is 0 Å². The van der Waals surface area contributed by atoms with E-state index in [4.69, 9.17) is 0 Å². The van der Waals surface area contributed by atoms with Gasteiger partial charge in [0.15, 0.2) is 0 Å².